The van der Waals surface area contributed by atoms with Gasteiger partial charge in [-0.15, -0.1) is 0 Å². The van der Waals surface area contributed by atoms with Crippen LogP contribution < -0.4 is 10.6 Å². The van der Waals surface area contributed by atoms with E-state index in [-0.39, 0.29) is 5.91 Å². The molecule has 2 rings (SSSR count). The minimum absolute atomic E-state index is 0.232. The first kappa shape index (κ1) is 12.8. The van der Waals surface area contributed by atoms with Gasteiger partial charge in [-0.2, -0.15) is 0 Å². The number of amides is 1. The second-order valence-corrected chi connectivity index (χ2v) is 5.33. The Morgan fingerprint density at radius 2 is 2.00 bits per heavy atom. The van der Waals surface area contributed by atoms with Gasteiger partial charge in [0.15, 0.2) is 0 Å². The molecular weight excluding hydrogens is 214 g/mol. The number of rotatable bonds is 6. The molecule has 0 bridgehead atoms. The molecule has 2 N–H and O–H groups in total. The lowest BCUT2D eigenvalue weighted by molar-refractivity contribution is -0.122. The maximum atomic E-state index is 11.5. The van der Waals surface area contributed by atoms with Crippen molar-refractivity contribution in [2.75, 3.05) is 39.3 Å². The van der Waals surface area contributed by atoms with Crippen LogP contribution in [-0.4, -0.2) is 50.1 Å². The van der Waals surface area contributed by atoms with Gasteiger partial charge in [0.1, 0.15) is 0 Å². The molecule has 0 atom stereocenters. The van der Waals surface area contributed by atoms with Crippen molar-refractivity contribution in [3.8, 4) is 0 Å². The molecule has 17 heavy (non-hydrogen) atoms. The molecule has 0 unspecified atom stereocenters. The number of piperidine rings is 1. The van der Waals surface area contributed by atoms with Crippen molar-refractivity contribution in [1.82, 2.24) is 15.5 Å². The van der Waals surface area contributed by atoms with Crippen LogP contribution in [0.5, 0.6) is 0 Å². The predicted octanol–water partition coefficient (Wildman–Crippen LogP) is 0.588. The molecule has 0 aromatic rings. The second kappa shape index (κ2) is 6.97. The maximum absolute atomic E-state index is 11.5. The fourth-order valence-electron chi connectivity index (χ4n) is 2.54. The van der Waals surface area contributed by atoms with Crippen molar-refractivity contribution in [1.29, 1.82) is 0 Å². The highest BCUT2D eigenvalue weighted by Gasteiger charge is 2.19. The summed E-state index contributed by atoms with van der Waals surface area (Å²) < 4.78 is 0. The minimum atomic E-state index is 0.232. The zero-order chi connectivity index (χ0) is 11.9. The summed E-state index contributed by atoms with van der Waals surface area (Å²) in [5.74, 6) is 0.812. The first-order valence-corrected chi connectivity index (χ1v) is 7.04. The van der Waals surface area contributed by atoms with Crippen LogP contribution in [0.2, 0.25) is 0 Å². The zero-order valence-electron chi connectivity index (χ0n) is 10.7. The Morgan fingerprint density at radius 1 is 1.24 bits per heavy atom. The quantitative estimate of drug-likeness (QED) is 0.667. The Labute approximate surface area is 104 Å². The second-order valence-electron chi connectivity index (χ2n) is 5.33. The largest absolute Gasteiger partial charge is 0.356 e. The molecule has 2 saturated heterocycles. The van der Waals surface area contributed by atoms with Crippen molar-refractivity contribution in [3.05, 3.63) is 0 Å². The van der Waals surface area contributed by atoms with Gasteiger partial charge in [0.25, 0.3) is 0 Å². The summed E-state index contributed by atoms with van der Waals surface area (Å²) in [6, 6.07) is 0. The van der Waals surface area contributed by atoms with Crippen LogP contribution in [0.15, 0.2) is 0 Å². The summed E-state index contributed by atoms with van der Waals surface area (Å²) in [6.07, 6.45) is 5.89. The normalized spacial score (nSPS) is 22.1. The van der Waals surface area contributed by atoms with E-state index in [2.05, 4.69) is 15.5 Å². The third-order valence-electron chi connectivity index (χ3n) is 3.76. The molecule has 2 fully saturated rings. The third kappa shape index (κ3) is 4.64. The number of nitrogens with zero attached hydrogens (tertiary/aromatic N) is 1. The molecule has 2 aliphatic rings. The van der Waals surface area contributed by atoms with Crippen LogP contribution in [0, 0.1) is 5.92 Å². The van der Waals surface area contributed by atoms with E-state index in [1.54, 1.807) is 0 Å². The lowest BCUT2D eigenvalue weighted by atomic mass is 9.99. The van der Waals surface area contributed by atoms with Gasteiger partial charge in [0.05, 0.1) is 0 Å². The highest BCUT2D eigenvalue weighted by Crippen LogP contribution is 2.09. The van der Waals surface area contributed by atoms with E-state index in [1.807, 2.05) is 0 Å². The lowest BCUT2D eigenvalue weighted by Gasteiger charge is -2.27. The van der Waals surface area contributed by atoms with Gasteiger partial charge >= 0.3 is 0 Å². The molecule has 0 saturated carbocycles. The van der Waals surface area contributed by atoms with Gasteiger partial charge < -0.3 is 15.5 Å². The monoisotopic (exact) mass is 239 g/mol. The zero-order valence-corrected chi connectivity index (χ0v) is 10.7. The summed E-state index contributed by atoms with van der Waals surface area (Å²) in [6.45, 7) is 6.52. The van der Waals surface area contributed by atoms with Crippen molar-refractivity contribution < 1.29 is 4.79 Å². The molecule has 2 heterocycles. The topological polar surface area (TPSA) is 44.4 Å². The van der Waals surface area contributed by atoms with E-state index in [9.17, 15) is 4.79 Å². The van der Waals surface area contributed by atoms with Gasteiger partial charge in [0.2, 0.25) is 5.91 Å². The standard InChI is InChI=1S/C13H25N3O/c17-13(9-12-10-14-11-12)15-5-4-8-16-6-2-1-3-7-16/h12,14H,1-11H2,(H,15,17). The first-order valence-electron chi connectivity index (χ1n) is 7.04. The van der Waals surface area contributed by atoms with Crippen LogP contribution >= 0.6 is 0 Å². The number of nitrogens with one attached hydrogen (secondary N) is 2. The highest BCUT2D eigenvalue weighted by atomic mass is 16.1. The van der Waals surface area contributed by atoms with Crippen molar-refractivity contribution >= 4 is 5.91 Å². The number of carbonyl (C=O) groups excluding carboxylic acids is 1. The fraction of sp³-hybridized carbons (Fsp3) is 0.923. The van der Waals surface area contributed by atoms with Crippen molar-refractivity contribution in [2.24, 2.45) is 5.92 Å². The highest BCUT2D eigenvalue weighted by molar-refractivity contribution is 5.76. The average Bonchev–Trinajstić information content (AvgIpc) is 2.31. The summed E-state index contributed by atoms with van der Waals surface area (Å²) >= 11 is 0. The van der Waals surface area contributed by atoms with E-state index < -0.39 is 0 Å². The molecule has 0 aromatic carbocycles. The van der Waals surface area contributed by atoms with Gasteiger partial charge in [-0.1, -0.05) is 6.42 Å². The predicted molar refractivity (Wildman–Crippen MR) is 68.9 cm³/mol. The summed E-state index contributed by atoms with van der Waals surface area (Å²) in [4.78, 5) is 14.1. The van der Waals surface area contributed by atoms with E-state index in [0.29, 0.717) is 12.3 Å². The van der Waals surface area contributed by atoms with Crippen LogP contribution in [0.1, 0.15) is 32.1 Å². The average molecular weight is 239 g/mol. The maximum Gasteiger partial charge on any atom is 0.220 e. The molecule has 0 aliphatic carbocycles. The SMILES string of the molecule is O=C(CC1CNC1)NCCCN1CCCCC1. The molecule has 4 heteroatoms. The number of hydrogen-bond acceptors (Lipinski definition) is 3. The Kier molecular flexibility index (Phi) is 5.26. The van der Waals surface area contributed by atoms with Crippen molar-refractivity contribution in [3.63, 3.8) is 0 Å². The number of carbonyl (C=O) groups is 1. The smallest absolute Gasteiger partial charge is 0.220 e. The van der Waals surface area contributed by atoms with Crippen LogP contribution in [0.3, 0.4) is 0 Å². The summed E-state index contributed by atoms with van der Waals surface area (Å²) in [5, 5.41) is 6.22. The molecular formula is C13H25N3O. The minimum Gasteiger partial charge on any atom is -0.356 e. The Morgan fingerprint density at radius 3 is 2.65 bits per heavy atom. The Hall–Kier alpha value is -0.610. The van der Waals surface area contributed by atoms with E-state index in [4.69, 9.17) is 0 Å². The molecule has 0 spiro atoms. The van der Waals surface area contributed by atoms with E-state index in [0.717, 1.165) is 32.6 Å². The lowest BCUT2D eigenvalue weighted by Crippen LogP contribution is -2.44. The molecule has 1 amide bonds. The van der Waals surface area contributed by atoms with Gasteiger partial charge in [-0.3, -0.25) is 4.79 Å². The molecule has 98 valence electrons. The van der Waals surface area contributed by atoms with Gasteiger partial charge in [-0.25, -0.2) is 0 Å². The number of hydrogen-bond donors (Lipinski definition) is 2. The first-order chi connectivity index (χ1) is 8.34. The van der Waals surface area contributed by atoms with E-state index >= 15 is 0 Å². The van der Waals surface area contributed by atoms with Crippen LogP contribution in [-0.2, 0) is 4.79 Å². The molecule has 2 aliphatic heterocycles. The summed E-state index contributed by atoms with van der Waals surface area (Å²) in [5.41, 5.74) is 0. The fourth-order valence-corrected chi connectivity index (χ4v) is 2.54. The molecule has 0 radical (unpaired) electrons. The Bertz CT molecular complexity index is 235. The van der Waals surface area contributed by atoms with Crippen LogP contribution in [0.25, 0.3) is 0 Å². The van der Waals surface area contributed by atoms with Gasteiger partial charge in [-0.05, 0) is 57.9 Å². The molecule has 0 aromatic heterocycles. The Balaban J connectivity index is 1.45. The number of likely N-dealkylation sites (tertiary alicyclic amines) is 1. The van der Waals surface area contributed by atoms with Crippen LogP contribution in [0.4, 0.5) is 0 Å². The molecule has 4 nitrogen and oxygen atoms in total. The van der Waals surface area contributed by atoms with Crippen molar-refractivity contribution in [2.45, 2.75) is 32.1 Å². The third-order valence-corrected chi connectivity index (χ3v) is 3.76. The summed E-state index contributed by atoms with van der Waals surface area (Å²) in [7, 11) is 0. The van der Waals surface area contributed by atoms with E-state index in [1.165, 1.54) is 32.4 Å². The van der Waals surface area contributed by atoms with Gasteiger partial charge in [0, 0.05) is 13.0 Å².